The quantitative estimate of drug-likeness (QED) is 0.711. The van der Waals surface area contributed by atoms with E-state index in [1.807, 2.05) is 41.4 Å². The molecule has 5 nitrogen and oxygen atoms in total. The molecule has 5 heteroatoms. The van der Waals surface area contributed by atoms with Crippen molar-refractivity contribution in [2.75, 3.05) is 26.2 Å². The Morgan fingerprint density at radius 1 is 1.07 bits per heavy atom. The van der Waals surface area contributed by atoms with Crippen LogP contribution in [-0.2, 0) is 13.0 Å². The third-order valence-electron chi connectivity index (χ3n) is 5.52. The van der Waals surface area contributed by atoms with Crippen LogP contribution in [-0.4, -0.2) is 51.9 Å². The minimum atomic E-state index is 0.139. The van der Waals surface area contributed by atoms with Crippen molar-refractivity contribution in [1.82, 2.24) is 19.8 Å². The predicted octanol–water partition coefficient (Wildman–Crippen LogP) is 3.86. The van der Waals surface area contributed by atoms with Crippen molar-refractivity contribution in [1.29, 1.82) is 0 Å². The molecule has 28 heavy (non-hydrogen) atoms. The fourth-order valence-corrected chi connectivity index (χ4v) is 3.89. The van der Waals surface area contributed by atoms with Gasteiger partial charge in [-0.05, 0) is 23.3 Å². The number of H-pyrrole nitrogens is 1. The molecular weight excluding hydrogens is 348 g/mol. The summed E-state index contributed by atoms with van der Waals surface area (Å²) in [5, 5.41) is 2.15. The Hall–Kier alpha value is -2.66. The maximum atomic E-state index is 13.1. The van der Waals surface area contributed by atoms with Gasteiger partial charge in [-0.2, -0.15) is 0 Å². The van der Waals surface area contributed by atoms with Crippen LogP contribution in [0.1, 0.15) is 41.6 Å². The van der Waals surface area contributed by atoms with Gasteiger partial charge in [-0.15, -0.1) is 0 Å². The number of carbonyl (C=O) groups is 1. The zero-order valence-electron chi connectivity index (χ0n) is 16.5. The van der Waals surface area contributed by atoms with Gasteiger partial charge in [-0.25, -0.2) is 4.98 Å². The fourth-order valence-electron chi connectivity index (χ4n) is 3.89. The minimum Gasteiger partial charge on any atom is -0.345 e. The lowest BCUT2D eigenvalue weighted by Gasteiger charge is -2.34. The summed E-state index contributed by atoms with van der Waals surface area (Å²) in [6, 6.07) is 14.1. The molecule has 1 amide bonds. The molecule has 1 aliphatic rings. The SMILES string of the molecule is CCCCc1ncc(CN2CCN(C(=O)c3cccc4ccccc34)CC2)[nH]1. The van der Waals surface area contributed by atoms with Crippen molar-refractivity contribution < 1.29 is 4.79 Å². The number of aromatic nitrogens is 2. The number of rotatable bonds is 6. The van der Waals surface area contributed by atoms with E-state index in [0.29, 0.717) is 0 Å². The van der Waals surface area contributed by atoms with E-state index in [1.54, 1.807) is 0 Å². The number of amides is 1. The first-order valence-corrected chi connectivity index (χ1v) is 10.3. The maximum Gasteiger partial charge on any atom is 0.254 e. The topological polar surface area (TPSA) is 52.2 Å². The fraction of sp³-hybridized carbons (Fsp3) is 0.391. The number of nitrogens with zero attached hydrogens (tertiary/aromatic N) is 3. The highest BCUT2D eigenvalue weighted by Crippen LogP contribution is 2.21. The molecule has 0 atom stereocenters. The standard InChI is InChI=1S/C23H28N4O/c1-2-3-11-22-24-16-19(25-22)17-26-12-14-27(15-13-26)23(28)21-10-6-8-18-7-4-5-9-20(18)21/h4-10,16H,2-3,11-15,17H2,1H3,(H,24,25). The summed E-state index contributed by atoms with van der Waals surface area (Å²) in [6.45, 7) is 6.37. The lowest BCUT2D eigenvalue weighted by atomic mass is 10.0. The van der Waals surface area contributed by atoms with Gasteiger partial charge in [0.15, 0.2) is 0 Å². The molecular formula is C23H28N4O. The van der Waals surface area contributed by atoms with Gasteiger partial charge >= 0.3 is 0 Å². The Labute approximate surface area is 166 Å². The Morgan fingerprint density at radius 2 is 1.86 bits per heavy atom. The molecule has 0 radical (unpaired) electrons. The van der Waals surface area contributed by atoms with Crippen molar-refractivity contribution in [2.24, 2.45) is 0 Å². The molecule has 1 aliphatic heterocycles. The van der Waals surface area contributed by atoms with Gasteiger partial charge in [-0.1, -0.05) is 49.7 Å². The first kappa shape index (κ1) is 18.7. The van der Waals surface area contributed by atoms with E-state index in [1.165, 1.54) is 18.5 Å². The summed E-state index contributed by atoms with van der Waals surface area (Å²) in [7, 11) is 0. The molecule has 1 fully saturated rings. The van der Waals surface area contributed by atoms with Crippen LogP contribution in [0.15, 0.2) is 48.7 Å². The van der Waals surface area contributed by atoms with Crippen molar-refractivity contribution >= 4 is 16.7 Å². The zero-order valence-corrected chi connectivity index (χ0v) is 16.5. The largest absolute Gasteiger partial charge is 0.345 e. The van der Waals surface area contributed by atoms with E-state index in [0.717, 1.165) is 61.3 Å². The van der Waals surface area contributed by atoms with Crippen LogP contribution in [0.2, 0.25) is 0 Å². The van der Waals surface area contributed by atoms with E-state index >= 15 is 0 Å². The van der Waals surface area contributed by atoms with E-state index < -0.39 is 0 Å². The van der Waals surface area contributed by atoms with E-state index in [4.69, 9.17) is 0 Å². The first-order valence-electron chi connectivity index (χ1n) is 10.3. The highest BCUT2D eigenvalue weighted by atomic mass is 16.2. The van der Waals surface area contributed by atoms with Gasteiger partial charge in [0.05, 0.1) is 0 Å². The summed E-state index contributed by atoms with van der Waals surface area (Å²) in [6.07, 6.45) is 5.33. The molecule has 1 aromatic heterocycles. The number of hydrogen-bond acceptors (Lipinski definition) is 3. The Balaban J connectivity index is 1.36. The van der Waals surface area contributed by atoms with Gasteiger partial charge in [-0.3, -0.25) is 9.69 Å². The van der Waals surface area contributed by atoms with E-state index in [-0.39, 0.29) is 5.91 Å². The maximum absolute atomic E-state index is 13.1. The summed E-state index contributed by atoms with van der Waals surface area (Å²) in [5.41, 5.74) is 1.97. The number of nitrogens with one attached hydrogen (secondary N) is 1. The Morgan fingerprint density at radius 3 is 2.68 bits per heavy atom. The van der Waals surface area contributed by atoms with Crippen LogP contribution in [0, 0.1) is 0 Å². The van der Waals surface area contributed by atoms with Crippen LogP contribution in [0.25, 0.3) is 10.8 Å². The summed E-state index contributed by atoms with van der Waals surface area (Å²) >= 11 is 0. The third kappa shape index (κ3) is 4.09. The number of hydrogen-bond donors (Lipinski definition) is 1. The van der Waals surface area contributed by atoms with Gasteiger partial charge in [0, 0.05) is 56.6 Å². The van der Waals surface area contributed by atoms with Crippen LogP contribution in [0.3, 0.4) is 0 Å². The summed E-state index contributed by atoms with van der Waals surface area (Å²) < 4.78 is 0. The molecule has 4 rings (SSSR count). The Bertz CT molecular complexity index is 935. The average molecular weight is 377 g/mol. The summed E-state index contributed by atoms with van der Waals surface area (Å²) in [4.78, 5) is 25.4. The van der Waals surface area contributed by atoms with Crippen LogP contribution in [0.5, 0.6) is 0 Å². The third-order valence-corrected chi connectivity index (χ3v) is 5.52. The average Bonchev–Trinajstić information content (AvgIpc) is 3.19. The predicted molar refractivity (Wildman–Crippen MR) is 112 cm³/mol. The number of benzene rings is 2. The molecule has 0 aliphatic carbocycles. The highest BCUT2D eigenvalue weighted by Gasteiger charge is 2.23. The molecule has 1 N–H and O–H groups in total. The van der Waals surface area contributed by atoms with Crippen molar-refractivity contribution in [3.05, 3.63) is 65.7 Å². The van der Waals surface area contributed by atoms with Crippen molar-refractivity contribution in [2.45, 2.75) is 32.7 Å². The second-order valence-electron chi connectivity index (χ2n) is 7.55. The molecule has 146 valence electrons. The van der Waals surface area contributed by atoms with E-state index in [2.05, 4.69) is 33.9 Å². The van der Waals surface area contributed by atoms with Crippen LogP contribution < -0.4 is 0 Å². The molecule has 1 saturated heterocycles. The van der Waals surface area contributed by atoms with E-state index in [9.17, 15) is 4.79 Å². The number of carbonyl (C=O) groups excluding carboxylic acids is 1. The number of unbranched alkanes of at least 4 members (excludes halogenated alkanes) is 1. The smallest absolute Gasteiger partial charge is 0.254 e. The lowest BCUT2D eigenvalue weighted by molar-refractivity contribution is 0.0629. The second-order valence-corrected chi connectivity index (χ2v) is 7.55. The monoisotopic (exact) mass is 376 g/mol. The number of fused-ring (bicyclic) bond motifs is 1. The number of piperazine rings is 1. The van der Waals surface area contributed by atoms with Crippen molar-refractivity contribution in [3.8, 4) is 0 Å². The molecule has 0 saturated carbocycles. The van der Waals surface area contributed by atoms with Gasteiger partial charge in [0.1, 0.15) is 5.82 Å². The normalized spacial score (nSPS) is 15.2. The molecule has 0 unspecified atom stereocenters. The minimum absolute atomic E-state index is 0.139. The number of aromatic amines is 1. The molecule has 2 heterocycles. The molecule has 0 bridgehead atoms. The van der Waals surface area contributed by atoms with Crippen LogP contribution in [0.4, 0.5) is 0 Å². The second kappa shape index (κ2) is 8.57. The van der Waals surface area contributed by atoms with Crippen molar-refractivity contribution in [3.63, 3.8) is 0 Å². The van der Waals surface area contributed by atoms with Crippen LogP contribution >= 0.6 is 0 Å². The highest BCUT2D eigenvalue weighted by molar-refractivity contribution is 6.07. The first-order chi connectivity index (χ1) is 13.7. The van der Waals surface area contributed by atoms with Gasteiger partial charge < -0.3 is 9.88 Å². The number of aryl methyl sites for hydroxylation is 1. The van der Waals surface area contributed by atoms with Gasteiger partial charge in [0.25, 0.3) is 5.91 Å². The lowest BCUT2D eigenvalue weighted by Crippen LogP contribution is -2.48. The molecule has 2 aromatic carbocycles. The zero-order chi connectivity index (χ0) is 19.3. The van der Waals surface area contributed by atoms with Gasteiger partial charge in [0.2, 0.25) is 0 Å². The molecule has 3 aromatic rings. The number of imidazole rings is 1. The molecule has 0 spiro atoms. The Kier molecular flexibility index (Phi) is 5.72. The summed E-state index contributed by atoms with van der Waals surface area (Å²) in [5.74, 6) is 1.22.